The molecule has 0 unspecified atom stereocenters. The van der Waals surface area contributed by atoms with Crippen LogP contribution in [0.5, 0.6) is 0 Å². The molecule has 140 valence electrons. The molecule has 0 atom stereocenters. The highest BCUT2D eigenvalue weighted by Crippen LogP contribution is 2.14. The lowest BCUT2D eigenvalue weighted by Gasteiger charge is -2.12. The lowest BCUT2D eigenvalue weighted by atomic mass is 10.1. The maximum absolute atomic E-state index is 12.5. The molecule has 0 spiro atoms. The molecule has 0 aliphatic heterocycles. The van der Waals surface area contributed by atoms with E-state index >= 15 is 0 Å². The summed E-state index contributed by atoms with van der Waals surface area (Å²) in [6, 6.07) is 10.0. The van der Waals surface area contributed by atoms with E-state index in [0.29, 0.717) is 28.8 Å². The molecule has 0 fully saturated rings. The molecule has 3 N–H and O–H groups in total. The minimum atomic E-state index is -0.243. The second-order valence-electron chi connectivity index (χ2n) is 6.71. The number of hydrogen-bond acceptors (Lipinski definition) is 3. The van der Waals surface area contributed by atoms with E-state index in [-0.39, 0.29) is 5.91 Å². The van der Waals surface area contributed by atoms with Crippen LogP contribution >= 0.6 is 12.2 Å². The molecule has 1 aromatic heterocycles. The minimum absolute atomic E-state index is 0.243. The molecule has 1 heterocycles. The topological polar surface area (TPSA) is 71.0 Å². The number of aryl methyl sites for hydroxylation is 1. The lowest BCUT2D eigenvalue weighted by Crippen LogP contribution is -2.47. The summed E-state index contributed by atoms with van der Waals surface area (Å²) < 4.78 is 1.85. The first-order valence-corrected chi connectivity index (χ1v) is 9.21. The van der Waals surface area contributed by atoms with E-state index < -0.39 is 0 Å². The van der Waals surface area contributed by atoms with Crippen LogP contribution in [-0.2, 0) is 6.54 Å². The molecular formula is C19H27N5OS. The molecule has 0 saturated heterocycles. The molecule has 0 aliphatic carbocycles. The number of carbonyl (C=O) groups is 1. The first kappa shape index (κ1) is 19.9. The van der Waals surface area contributed by atoms with Gasteiger partial charge < -0.3 is 5.32 Å². The van der Waals surface area contributed by atoms with Gasteiger partial charge in [0.1, 0.15) is 0 Å². The first-order chi connectivity index (χ1) is 12.4. The molecule has 7 heteroatoms. The second-order valence-corrected chi connectivity index (χ2v) is 7.11. The van der Waals surface area contributed by atoms with Gasteiger partial charge in [-0.25, -0.2) is 0 Å². The summed E-state index contributed by atoms with van der Waals surface area (Å²) in [6.07, 6.45) is 1.01. The summed E-state index contributed by atoms with van der Waals surface area (Å²) in [7, 11) is 0. The van der Waals surface area contributed by atoms with Crippen molar-refractivity contribution in [2.45, 2.75) is 40.7 Å². The third-order valence-corrected chi connectivity index (χ3v) is 4.33. The average Bonchev–Trinajstić information content (AvgIpc) is 2.87. The normalized spacial score (nSPS) is 10.7. The second kappa shape index (κ2) is 9.33. The third kappa shape index (κ3) is 5.56. The Hall–Kier alpha value is -2.41. The van der Waals surface area contributed by atoms with Gasteiger partial charge in [0.25, 0.3) is 5.91 Å². The number of thiocarbonyl (C=S) groups is 1. The zero-order chi connectivity index (χ0) is 19.1. The molecule has 0 aliphatic rings. The quantitative estimate of drug-likeness (QED) is 0.536. The van der Waals surface area contributed by atoms with E-state index in [0.717, 1.165) is 24.2 Å². The fourth-order valence-electron chi connectivity index (χ4n) is 2.63. The zero-order valence-corrected chi connectivity index (χ0v) is 16.6. The number of hydrogen-bond donors (Lipinski definition) is 3. The molecule has 2 rings (SSSR count). The van der Waals surface area contributed by atoms with Gasteiger partial charge in [0.05, 0.1) is 17.8 Å². The van der Waals surface area contributed by atoms with Crippen molar-refractivity contribution >= 4 is 23.2 Å². The largest absolute Gasteiger partial charge is 0.361 e. The van der Waals surface area contributed by atoms with Gasteiger partial charge in [0.15, 0.2) is 5.11 Å². The van der Waals surface area contributed by atoms with Gasteiger partial charge in [-0.05, 0) is 44.0 Å². The highest BCUT2D eigenvalue weighted by molar-refractivity contribution is 7.80. The van der Waals surface area contributed by atoms with E-state index in [4.69, 9.17) is 12.2 Å². The molecule has 0 saturated carbocycles. The van der Waals surface area contributed by atoms with Crippen molar-refractivity contribution < 1.29 is 4.79 Å². The Morgan fingerprint density at radius 1 is 1.19 bits per heavy atom. The Balaban J connectivity index is 1.95. The van der Waals surface area contributed by atoms with Gasteiger partial charge in [0, 0.05) is 12.2 Å². The molecule has 26 heavy (non-hydrogen) atoms. The number of nitrogens with zero attached hydrogens (tertiary/aromatic N) is 2. The molecule has 6 nitrogen and oxygen atoms in total. The van der Waals surface area contributed by atoms with Gasteiger partial charge in [-0.2, -0.15) is 5.10 Å². The Kier molecular flexibility index (Phi) is 7.15. The van der Waals surface area contributed by atoms with Crippen molar-refractivity contribution in [2.75, 3.05) is 6.54 Å². The van der Waals surface area contributed by atoms with E-state index in [9.17, 15) is 4.79 Å². The number of amides is 1. The van der Waals surface area contributed by atoms with Crippen molar-refractivity contribution in [3.63, 3.8) is 0 Å². The zero-order valence-electron chi connectivity index (χ0n) is 15.8. The third-order valence-electron chi connectivity index (χ3n) is 4.08. The van der Waals surface area contributed by atoms with Gasteiger partial charge in [-0.15, -0.1) is 0 Å². The van der Waals surface area contributed by atoms with Crippen molar-refractivity contribution in [3.05, 3.63) is 52.8 Å². The first-order valence-electron chi connectivity index (χ1n) is 8.80. The van der Waals surface area contributed by atoms with Crippen LogP contribution in [-0.4, -0.2) is 27.3 Å². The maximum Gasteiger partial charge on any atom is 0.273 e. The fraction of sp³-hybridized carbons (Fsp3) is 0.421. The van der Waals surface area contributed by atoms with Gasteiger partial charge >= 0.3 is 0 Å². The molecule has 1 amide bonds. The van der Waals surface area contributed by atoms with Crippen molar-refractivity contribution in [1.82, 2.24) is 25.9 Å². The SMILES string of the molecule is Cc1nn(Cc2ccccc2)c(C)c1C(=O)NNC(=S)NCCC(C)C. The molecule has 1 aromatic carbocycles. The fourth-order valence-corrected chi connectivity index (χ4v) is 2.78. The number of aromatic nitrogens is 2. The summed E-state index contributed by atoms with van der Waals surface area (Å²) in [4.78, 5) is 12.5. The molecule has 0 bridgehead atoms. The smallest absolute Gasteiger partial charge is 0.273 e. The summed E-state index contributed by atoms with van der Waals surface area (Å²) in [5.41, 5.74) is 8.62. The predicted molar refractivity (Wildman–Crippen MR) is 108 cm³/mol. The molecule has 0 radical (unpaired) electrons. The van der Waals surface area contributed by atoms with Crippen molar-refractivity contribution in [2.24, 2.45) is 5.92 Å². The minimum Gasteiger partial charge on any atom is -0.361 e. The molecule has 2 aromatic rings. The maximum atomic E-state index is 12.5. The van der Waals surface area contributed by atoms with Crippen molar-refractivity contribution in [1.29, 1.82) is 0 Å². The number of carbonyl (C=O) groups excluding carboxylic acids is 1. The summed E-state index contributed by atoms with van der Waals surface area (Å²) in [5, 5.41) is 7.98. The van der Waals surface area contributed by atoms with Gasteiger partial charge in [-0.1, -0.05) is 44.2 Å². The standard InChI is InChI=1S/C19H27N5OS/c1-13(2)10-11-20-19(26)22-21-18(25)17-14(3)23-24(15(17)4)12-16-8-6-5-7-9-16/h5-9,13H,10-12H2,1-4H3,(H,21,25)(H2,20,22,26). The number of nitrogens with one attached hydrogen (secondary N) is 3. The van der Waals surface area contributed by atoms with Gasteiger partial charge in [0.2, 0.25) is 0 Å². The predicted octanol–water partition coefficient (Wildman–Crippen LogP) is 2.70. The summed E-state index contributed by atoms with van der Waals surface area (Å²) in [5.74, 6) is 0.355. The van der Waals surface area contributed by atoms with Crippen LogP contribution in [0.3, 0.4) is 0 Å². The van der Waals surface area contributed by atoms with Crippen LogP contribution in [0.2, 0.25) is 0 Å². The Morgan fingerprint density at radius 2 is 1.88 bits per heavy atom. The Morgan fingerprint density at radius 3 is 2.54 bits per heavy atom. The average molecular weight is 374 g/mol. The monoisotopic (exact) mass is 373 g/mol. The van der Waals surface area contributed by atoms with Gasteiger partial charge in [-0.3, -0.25) is 20.3 Å². The number of benzene rings is 1. The van der Waals surface area contributed by atoms with E-state index in [1.54, 1.807) is 0 Å². The van der Waals surface area contributed by atoms with E-state index in [1.807, 2.05) is 48.9 Å². The highest BCUT2D eigenvalue weighted by Gasteiger charge is 2.18. The van der Waals surface area contributed by atoms with Crippen LogP contribution in [0.4, 0.5) is 0 Å². The Labute approximate surface area is 160 Å². The summed E-state index contributed by atoms with van der Waals surface area (Å²) >= 11 is 5.17. The molecular weight excluding hydrogens is 346 g/mol. The highest BCUT2D eigenvalue weighted by atomic mass is 32.1. The van der Waals surface area contributed by atoms with Crippen LogP contribution in [0.15, 0.2) is 30.3 Å². The Bertz CT molecular complexity index is 755. The number of hydrazine groups is 1. The number of rotatable bonds is 6. The van der Waals surface area contributed by atoms with Crippen LogP contribution in [0.25, 0.3) is 0 Å². The van der Waals surface area contributed by atoms with E-state index in [1.165, 1.54) is 0 Å². The lowest BCUT2D eigenvalue weighted by molar-refractivity contribution is 0.0942. The van der Waals surface area contributed by atoms with E-state index in [2.05, 4.69) is 35.1 Å². The van der Waals surface area contributed by atoms with Crippen LogP contribution in [0.1, 0.15) is 47.6 Å². The van der Waals surface area contributed by atoms with Crippen molar-refractivity contribution in [3.8, 4) is 0 Å². The van der Waals surface area contributed by atoms with Crippen LogP contribution < -0.4 is 16.2 Å². The van der Waals surface area contributed by atoms with Crippen LogP contribution in [0, 0.1) is 19.8 Å². The summed E-state index contributed by atoms with van der Waals surface area (Å²) in [6.45, 7) is 9.44.